The van der Waals surface area contributed by atoms with Crippen molar-refractivity contribution in [1.82, 2.24) is 0 Å². The Balaban J connectivity index is 1.80. The molecule has 3 aromatic rings. The van der Waals surface area contributed by atoms with Crippen LogP contribution >= 0.6 is 22.9 Å². The number of thiophene rings is 1. The van der Waals surface area contributed by atoms with Gasteiger partial charge in [0, 0.05) is 16.3 Å². The van der Waals surface area contributed by atoms with E-state index in [2.05, 4.69) is 29.6 Å². The molecule has 0 saturated carbocycles. The minimum Gasteiger partial charge on any atom is -0.396 e. The largest absolute Gasteiger partial charge is 0.396 e. The standard InChI is InChI=1S/C18H17ClOS/c19-17-7-3-1-5-14(17)9-13(11-20)10-15-12-21-18-8-4-2-6-16(15)18/h1-8,12-13,20H,9-11H2. The van der Waals surface area contributed by atoms with Crippen LogP contribution in [0.15, 0.2) is 53.9 Å². The first-order chi connectivity index (χ1) is 10.3. The van der Waals surface area contributed by atoms with Crippen LogP contribution in [0.2, 0.25) is 5.02 Å². The van der Waals surface area contributed by atoms with E-state index in [1.54, 1.807) is 11.3 Å². The van der Waals surface area contributed by atoms with Gasteiger partial charge < -0.3 is 5.11 Å². The van der Waals surface area contributed by atoms with Gasteiger partial charge in [-0.05, 0) is 52.8 Å². The molecule has 0 saturated heterocycles. The van der Waals surface area contributed by atoms with Gasteiger partial charge in [0.1, 0.15) is 0 Å². The lowest BCUT2D eigenvalue weighted by atomic mass is 9.93. The maximum atomic E-state index is 9.71. The molecule has 0 spiro atoms. The highest BCUT2D eigenvalue weighted by molar-refractivity contribution is 7.17. The van der Waals surface area contributed by atoms with Crippen LogP contribution in [0.25, 0.3) is 10.1 Å². The van der Waals surface area contributed by atoms with Gasteiger partial charge >= 0.3 is 0 Å². The van der Waals surface area contributed by atoms with Crippen molar-refractivity contribution in [3.63, 3.8) is 0 Å². The van der Waals surface area contributed by atoms with Crippen LogP contribution in [-0.4, -0.2) is 11.7 Å². The monoisotopic (exact) mass is 316 g/mol. The Hall–Kier alpha value is -1.35. The summed E-state index contributed by atoms with van der Waals surface area (Å²) in [6.07, 6.45) is 1.69. The van der Waals surface area contributed by atoms with Crippen molar-refractivity contribution in [2.24, 2.45) is 5.92 Å². The van der Waals surface area contributed by atoms with E-state index in [0.29, 0.717) is 0 Å². The summed E-state index contributed by atoms with van der Waals surface area (Å²) in [5.74, 6) is 0.197. The first kappa shape index (κ1) is 14.6. The number of hydrogen-bond donors (Lipinski definition) is 1. The Morgan fingerprint density at radius 2 is 1.67 bits per heavy atom. The van der Waals surface area contributed by atoms with Crippen LogP contribution in [0, 0.1) is 5.92 Å². The van der Waals surface area contributed by atoms with E-state index >= 15 is 0 Å². The second-order valence-electron chi connectivity index (χ2n) is 5.31. The summed E-state index contributed by atoms with van der Waals surface area (Å²) < 4.78 is 1.31. The van der Waals surface area contributed by atoms with Crippen LogP contribution in [0.1, 0.15) is 11.1 Å². The van der Waals surface area contributed by atoms with Crippen molar-refractivity contribution in [3.8, 4) is 0 Å². The first-order valence-electron chi connectivity index (χ1n) is 7.07. The lowest BCUT2D eigenvalue weighted by molar-refractivity contribution is 0.225. The van der Waals surface area contributed by atoms with Gasteiger partial charge in [-0.15, -0.1) is 11.3 Å². The topological polar surface area (TPSA) is 20.2 Å². The summed E-state index contributed by atoms with van der Waals surface area (Å²) >= 11 is 7.99. The third-order valence-electron chi connectivity index (χ3n) is 3.79. The predicted octanol–water partition coefficient (Wildman–Crippen LogP) is 4.95. The number of hydrogen-bond acceptors (Lipinski definition) is 2. The second-order valence-corrected chi connectivity index (χ2v) is 6.62. The van der Waals surface area contributed by atoms with Gasteiger partial charge in [-0.1, -0.05) is 48.0 Å². The number of fused-ring (bicyclic) bond motifs is 1. The molecule has 2 aromatic carbocycles. The van der Waals surface area contributed by atoms with Crippen molar-refractivity contribution in [1.29, 1.82) is 0 Å². The zero-order valence-electron chi connectivity index (χ0n) is 11.6. The Morgan fingerprint density at radius 3 is 2.48 bits per heavy atom. The Bertz CT molecular complexity index is 735. The molecule has 0 aliphatic heterocycles. The maximum Gasteiger partial charge on any atom is 0.0465 e. The zero-order valence-corrected chi connectivity index (χ0v) is 13.2. The van der Waals surface area contributed by atoms with Gasteiger partial charge in [0.15, 0.2) is 0 Å². The normalized spacial score (nSPS) is 12.7. The van der Waals surface area contributed by atoms with E-state index in [9.17, 15) is 5.11 Å². The summed E-state index contributed by atoms with van der Waals surface area (Å²) in [7, 11) is 0. The van der Waals surface area contributed by atoms with Gasteiger partial charge in [0.25, 0.3) is 0 Å². The molecule has 0 amide bonds. The maximum absolute atomic E-state index is 9.71. The lowest BCUT2D eigenvalue weighted by Gasteiger charge is -2.15. The van der Waals surface area contributed by atoms with E-state index in [1.807, 2.05) is 24.3 Å². The van der Waals surface area contributed by atoms with Crippen LogP contribution in [0.3, 0.4) is 0 Å². The quantitative estimate of drug-likeness (QED) is 0.706. The Labute approximate surface area is 133 Å². The molecule has 1 atom stereocenters. The third kappa shape index (κ3) is 3.29. The molecule has 0 fully saturated rings. The second kappa shape index (κ2) is 6.61. The summed E-state index contributed by atoms with van der Waals surface area (Å²) in [6.45, 7) is 0.176. The average Bonchev–Trinajstić information content (AvgIpc) is 2.92. The smallest absolute Gasteiger partial charge is 0.0465 e. The van der Waals surface area contributed by atoms with Crippen molar-refractivity contribution < 1.29 is 5.11 Å². The highest BCUT2D eigenvalue weighted by Gasteiger charge is 2.14. The number of aliphatic hydroxyl groups excluding tert-OH is 1. The summed E-state index contributed by atoms with van der Waals surface area (Å²) in [5, 5.41) is 14.0. The fraction of sp³-hybridized carbons (Fsp3) is 0.222. The van der Waals surface area contributed by atoms with Crippen LogP contribution < -0.4 is 0 Å². The molecule has 1 aromatic heterocycles. The number of aliphatic hydroxyl groups is 1. The summed E-state index contributed by atoms with van der Waals surface area (Å²) in [5.41, 5.74) is 2.43. The van der Waals surface area contributed by atoms with Crippen molar-refractivity contribution >= 4 is 33.0 Å². The highest BCUT2D eigenvalue weighted by atomic mass is 35.5. The van der Waals surface area contributed by atoms with E-state index in [4.69, 9.17) is 11.6 Å². The first-order valence-corrected chi connectivity index (χ1v) is 8.33. The molecule has 1 unspecified atom stereocenters. The van der Waals surface area contributed by atoms with Crippen LogP contribution in [0.4, 0.5) is 0 Å². The lowest BCUT2D eigenvalue weighted by Crippen LogP contribution is -2.13. The van der Waals surface area contributed by atoms with Crippen molar-refractivity contribution in [3.05, 3.63) is 70.1 Å². The molecular weight excluding hydrogens is 300 g/mol. The minimum absolute atomic E-state index is 0.176. The van der Waals surface area contributed by atoms with Crippen molar-refractivity contribution in [2.45, 2.75) is 12.8 Å². The molecule has 0 radical (unpaired) electrons. The molecule has 0 aliphatic carbocycles. The summed E-state index contributed by atoms with van der Waals surface area (Å²) in [6, 6.07) is 16.3. The number of halogens is 1. The molecule has 1 heterocycles. The summed E-state index contributed by atoms with van der Waals surface area (Å²) in [4.78, 5) is 0. The van der Waals surface area contributed by atoms with Gasteiger partial charge in [-0.2, -0.15) is 0 Å². The predicted molar refractivity (Wildman–Crippen MR) is 91.3 cm³/mol. The van der Waals surface area contributed by atoms with Crippen molar-refractivity contribution in [2.75, 3.05) is 6.61 Å². The molecule has 21 heavy (non-hydrogen) atoms. The SMILES string of the molecule is OCC(Cc1ccccc1Cl)Cc1csc2ccccc12. The van der Waals surface area contributed by atoms with E-state index in [1.165, 1.54) is 15.6 Å². The average molecular weight is 317 g/mol. The number of rotatable bonds is 5. The van der Waals surface area contributed by atoms with Crippen LogP contribution in [0.5, 0.6) is 0 Å². The number of benzene rings is 2. The van der Waals surface area contributed by atoms with Gasteiger partial charge in [0.05, 0.1) is 0 Å². The fourth-order valence-corrected chi connectivity index (χ4v) is 3.87. The molecule has 1 nitrogen and oxygen atoms in total. The Morgan fingerprint density at radius 1 is 0.952 bits per heavy atom. The fourth-order valence-electron chi connectivity index (χ4n) is 2.68. The van der Waals surface area contributed by atoms with Crippen LogP contribution in [-0.2, 0) is 12.8 Å². The van der Waals surface area contributed by atoms with Gasteiger partial charge in [-0.25, -0.2) is 0 Å². The zero-order chi connectivity index (χ0) is 14.7. The Kier molecular flexibility index (Phi) is 4.59. The van der Waals surface area contributed by atoms with Gasteiger partial charge in [0.2, 0.25) is 0 Å². The molecule has 0 aliphatic rings. The molecular formula is C18H17ClOS. The van der Waals surface area contributed by atoms with E-state index in [-0.39, 0.29) is 12.5 Å². The molecule has 3 rings (SSSR count). The molecule has 108 valence electrons. The van der Waals surface area contributed by atoms with E-state index in [0.717, 1.165) is 23.4 Å². The van der Waals surface area contributed by atoms with Gasteiger partial charge in [-0.3, -0.25) is 0 Å². The minimum atomic E-state index is 0.176. The molecule has 0 bridgehead atoms. The molecule has 1 N–H and O–H groups in total. The highest BCUT2D eigenvalue weighted by Crippen LogP contribution is 2.29. The molecule has 3 heteroatoms. The van der Waals surface area contributed by atoms with E-state index < -0.39 is 0 Å². The third-order valence-corrected chi connectivity index (χ3v) is 5.18.